The highest BCUT2D eigenvalue weighted by Gasteiger charge is 2.70. The van der Waals surface area contributed by atoms with E-state index in [1.807, 2.05) is 0 Å². The molecule has 0 aromatic heterocycles. The van der Waals surface area contributed by atoms with Crippen LogP contribution in [0.5, 0.6) is 0 Å². The van der Waals surface area contributed by atoms with Gasteiger partial charge in [0.15, 0.2) is 0 Å². The van der Waals surface area contributed by atoms with E-state index in [9.17, 15) is 14.7 Å². The van der Waals surface area contributed by atoms with Crippen LogP contribution < -0.4 is 0 Å². The third kappa shape index (κ3) is 4.61. The van der Waals surface area contributed by atoms with Gasteiger partial charge in [-0.05, 0) is 137 Å². The predicted octanol–water partition coefficient (Wildman–Crippen LogP) is 11.6. The molecular weight excluding hydrogens is 588 g/mol. The first-order chi connectivity index (χ1) is 22.1. The van der Waals surface area contributed by atoms with E-state index in [0.717, 1.165) is 42.9 Å². The number of hydrogen-bond acceptors (Lipinski definition) is 3. The molecular formula is C45H72O3. The molecule has 10 fully saturated rings. The molecule has 12 bridgehead atoms. The van der Waals surface area contributed by atoms with Crippen molar-refractivity contribution < 1.29 is 14.7 Å². The lowest BCUT2D eigenvalue weighted by Gasteiger charge is -2.68. The van der Waals surface area contributed by atoms with Crippen molar-refractivity contribution in [2.45, 2.75) is 160 Å². The van der Waals surface area contributed by atoms with Crippen LogP contribution in [0, 0.1) is 97.6 Å². The number of rotatable bonds is 0. The van der Waals surface area contributed by atoms with Crippen molar-refractivity contribution in [3.8, 4) is 0 Å². The van der Waals surface area contributed by atoms with Gasteiger partial charge in [-0.1, -0.05) is 95.4 Å². The highest BCUT2D eigenvalue weighted by atomic mass is 16.3. The fraction of sp³-hybridized carbons (Fsp3) is 0.911. The summed E-state index contributed by atoms with van der Waals surface area (Å²) in [6.45, 7) is 28.6. The molecule has 12 rings (SSSR count). The number of hydrogen-bond donors (Lipinski definition) is 1. The molecule has 3 nitrogen and oxygen atoms in total. The van der Waals surface area contributed by atoms with Gasteiger partial charge in [-0.3, -0.25) is 9.59 Å². The van der Waals surface area contributed by atoms with Crippen molar-refractivity contribution in [1.29, 1.82) is 0 Å². The zero-order valence-electron chi connectivity index (χ0n) is 33.1. The maximum Gasteiger partial charge on any atom is 0.136 e. The summed E-state index contributed by atoms with van der Waals surface area (Å²) in [4.78, 5) is 23.9. The Hall–Kier alpha value is -1.12. The second kappa shape index (κ2) is 10.9. The van der Waals surface area contributed by atoms with Crippen molar-refractivity contribution in [1.82, 2.24) is 0 Å². The van der Waals surface area contributed by atoms with Crippen molar-refractivity contribution in [2.24, 2.45) is 97.6 Å². The maximum absolute atomic E-state index is 11.9. The average Bonchev–Trinajstić information content (AvgIpc) is 3.36. The Morgan fingerprint density at radius 3 is 1.23 bits per heavy atom. The largest absolute Gasteiger partial charge is 0.512 e. The first-order valence-corrected chi connectivity index (χ1v) is 20.6. The Morgan fingerprint density at radius 2 is 0.854 bits per heavy atom. The molecule has 12 aliphatic carbocycles. The molecule has 0 radical (unpaired) electrons. The fourth-order valence-electron chi connectivity index (χ4n) is 16.3. The van der Waals surface area contributed by atoms with E-state index < -0.39 is 0 Å². The zero-order valence-corrected chi connectivity index (χ0v) is 33.1. The van der Waals surface area contributed by atoms with Crippen LogP contribution in [0.15, 0.2) is 11.3 Å². The molecule has 0 aliphatic heterocycles. The van der Waals surface area contributed by atoms with Crippen LogP contribution in [0.2, 0.25) is 0 Å². The first-order valence-electron chi connectivity index (χ1n) is 20.6. The lowest BCUT2D eigenvalue weighted by atomic mass is 9.36. The van der Waals surface area contributed by atoms with E-state index in [4.69, 9.17) is 0 Å². The summed E-state index contributed by atoms with van der Waals surface area (Å²) in [5.74, 6) is 9.16. The number of aliphatic hydroxyl groups excluding tert-OH is 1. The van der Waals surface area contributed by atoms with Crippen molar-refractivity contribution in [3.63, 3.8) is 0 Å². The van der Waals surface area contributed by atoms with Gasteiger partial charge in [-0.15, -0.1) is 0 Å². The molecule has 10 saturated carbocycles. The van der Waals surface area contributed by atoms with Crippen molar-refractivity contribution in [3.05, 3.63) is 11.3 Å². The standard InChI is InChI=1S/3C15H24O/c3*1-9-11(16)8-10-13-12(9)15(10,4)7-5-6-14(13,2)3/h10,12-13,16H,5-8H2,1-4H3;2*9-10,12-13H,5-8H2,1-4H3/t10-,12?,13-,15?;9-,10+,12?,13+,15?;9-,10-,12?,13-,15?/m101/s1. The van der Waals surface area contributed by atoms with E-state index in [2.05, 4.69) is 83.1 Å². The molecule has 270 valence electrons. The predicted molar refractivity (Wildman–Crippen MR) is 196 cm³/mol. The van der Waals surface area contributed by atoms with Crippen LogP contribution in [-0.4, -0.2) is 16.7 Å². The molecule has 1 N–H and O–H groups in total. The van der Waals surface area contributed by atoms with Crippen molar-refractivity contribution >= 4 is 11.6 Å². The fourth-order valence-corrected chi connectivity index (χ4v) is 16.3. The minimum atomic E-state index is 0.331. The lowest BCUT2D eigenvalue weighted by Crippen LogP contribution is -2.65. The Kier molecular flexibility index (Phi) is 8.05. The molecule has 0 aromatic rings. The number of fused-ring (bicyclic) bond motifs is 5. The van der Waals surface area contributed by atoms with Gasteiger partial charge in [-0.2, -0.15) is 0 Å². The van der Waals surface area contributed by atoms with Gasteiger partial charge in [0.2, 0.25) is 0 Å². The highest BCUT2D eigenvalue weighted by molar-refractivity contribution is 5.84. The summed E-state index contributed by atoms with van der Waals surface area (Å²) in [5, 5.41) is 9.99. The number of Topliss-reactive ketones (excluding diaryl/α,β-unsaturated/α-hetero) is 2. The lowest BCUT2D eigenvalue weighted by molar-refractivity contribution is -0.204. The monoisotopic (exact) mass is 661 g/mol. The Labute approximate surface area is 294 Å². The highest BCUT2D eigenvalue weighted by Crippen LogP contribution is 2.75. The molecule has 12 aliphatic rings. The van der Waals surface area contributed by atoms with Crippen LogP contribution in [0.25, 0.3) is 0 Å². The van der Waals surface area contributed by atoms with Crippen molar-refractivity contribution in [2.75, 3.05) is 0 Å². The second-order valence-electron chi connectivity index (χ2n) is 22.2. The van der Waals surface area contributed by atoms with Gasteiger partial charge in [-0.25, -0.2) is 0 Å². The van der Waals surface area contributed by atoms with Gasteiger partial charge in [0.05, 0.1) is 5.76 Å². The molecule has 0 saturated heterocycles. The topological polar surface area (TPSA) is 54.4 Å². The van der Waals surface area contributed by atoms with Gasteiger partial charge in [0.1, 0.15) is 11.6 Å². The minimum absolute atomic E-state index is 0.331. The number of allylic oxidation sites excluding steroid dienone is 2. The van der Waals surface area contributed by atoms with Crippen LogP contribution in [0.4, 0.5) is 0 Å². The number of carbonyl (C=O) groups excluding carboxylic acids is 2. The van der Waals surface area contributed by atoms with E-state index in [-0.39, 0.29) is 0 Å². The second-order valence-corrected chi connectivity index (χ2v) is 22.2. The van der Waals surface area contributed by atoms with Crippen LogP contribution in [-0.2, 0) is 9.59 Å². The number of ketones is 2. The smallest absolute Gasteiger partial charge is 0.136 e. The van der Waals surface area contributed by atoms with Gasteiger partial charge < -0.3 is 5.11 Å². The summed E-state index contributed by atoms with van der Waals surface area (Å²) in [7, 11) is 0. The SMILES string of the molecule is CC1=C(O)C[C@@H]2[C@@H]3C1C2(C)CCCC3(C)C.C[C@@H]1C(=O)C[C@@H]2[C@@H]3C1C2(C)CCCC3(C)C.C[C@H]1C(=O)C[C@@H]2[C@@H]3C1C2(C)CCCC3(C)C. The van der Waals surface area contributed by atoms with Crippen LogP contribution >= 0.6 is 0 Å². The molecule has 6 unspecified atom stereocenters. The normalized spacial score (nSPS) is 52.6. The van der Waals surface area contributed by atoms with Gasteiger partial charge >= 0.3 is 0 Å². The van der Waals surface area contributed by atoms with E-state index in [1.165, 1.54) is 63.4 Å². The third-order valence-electron chi connectivity index (χ3n) is 18.8. The molecule has 48 heavy (non-hydrogen) atoms. The first kappa shape index (κ1) is 35.3. The minimum Gasteiger partial charge on any atom is -0.512 e. The van der Waals surface area contributed by atoms with Crippen LogP contribution in [0.1, 0.15) is 160 Å². The van der Waals surface area contributed by atoms with E-state index in [1.54, 1.807) is 0 Å². The Morgan fingerprint density at radius 1 is 0.500 bits per heavy atom. The Bertz CT molecular complexity index is 1310. The number of aliphatic hydroxyl groups is 1. The molecule has 3 heteroatoms. The Balaban J connectivity index is 0.000000114. The third-order valence-corrected chi connectivity index (χ3v) is 18.8. The summed E-state index contributed by atoms with van der Waals surface area (Å²) in [6, 6.07) is 0. The number of carbonyl (C=O) groups is 2. The summed E-state index contributed by atoms with van der Waals surface area (Å²) >= 11 is 0. The summed E-state index contributed by atoms with van der Waals surface area (Å²) in [6.07, 6.45) is 15.0. The summed E-state index contributed by atoms with van der Waals surface area (Å²) in [5.41, 5.74) is 4.25. The van der Waals surface area contributed by atoms with Crippen LogP contribution in [0.3, 0.4) is 0 Å². The van der Waals surface area contributed by atoms with E-state index in [0.29, 0.717) is 91.2 Å². The molecule has 0 spiro atoms. The average molecular weight is 661 g/mol. The van der Waals surface area contributed by atoms with Gasteiger partial charge in [0.25, 0.3) is 0 Å². The van der Waals surface area contributed by atoms with E-state index >= 15 is 0 Å². The van der Waals surface area contributed by atoms with Gasteiger partial charge in [0, 0.05) is 31.1 Å². The quantitative estimate of drug-likeness (QED) is 0.281. The molecule has 0 amide bonds. The maximum atomic E-state index is 11.9. The molecule has 0 heterocycles. The molecule has 14 atom stereocenters. The summed E-state index contributed by atoms with van der Waals surface area (Å²) < 4.78 is 0. The zero-order chi connectivity index (χ0) is 35.1. The molecule has 0 aromatic carbocycles.